The largest absolute Gasteiger partial charge is 0.493 e. The molecule has 0 aliphatic carbocycles. The van der Waals surface area contributed by atoms with Crippen molar-refractivity contribution in [2.45, 2.75) is 31.3 Å². The number of fused-ring (bicyclic) bond motifs is 7. The molecule has 3 aliphatic rings. The van der Waals surface area contributed by atoms with Crippen molar-refractivity contribution in [3.8, 4) is 23.0 Å². The van der Waals surface area contributed by atoms with Crippen LogP contribution in [0.4, 0.5) is 13.2 Å². The summed E-state index contributed by atoms with van der Waals surface area (Å²) in [4.78, 5) is 40.6. The second-order valence-corrected chi connectivity index (χ2v) is 10.3. The molecule has 0 saturated carbocycles. The van der Waals surface area contributed by atoms with Crippen molar-refractivity contribution in [3.63, 3.8) is 0 Å². The van der Waals surface area contributed by atoms with Crippen molar-refractivity contribution in [3.05, 3.63) is 82.9 Å². The van der Waals surface area contributed by atoms with Crippen LogP contribution in [-0.2, 0) is 28.7 Å². The molecule has 232 valence electrons. The first kappa shape index (κ1) is 30.5. The minimum absolute atomic E-state index is 0.00407. The van der Waals surface area contributed by atoms with E-state index in [2.05, 4.69) is 10.6 Å². The maximum atomic E-state index is 13.6. The molecule has 2 atom stereocenters. The van der Waals surface area contributed by atoms with Gasteiger partial charge in [-0.05, 0) is 47.5 Å². The normalized spacial score (nSPS) is 18.7. The number of halogens is 3. The third-order valence-corrected chi connectivity index (χ3v) is 7.38. The van der Waals surface area contributed by atoms with Gasteiger partial charge in [0, 0.05) is 18.7 Å². The molecule has 3 aromatic rings. The van der Waals surface area contributed by atoms with Gasteiger partial charge in [-0.3, -0.25) is 14.4 Å². The molecule has 3 heterocycles. The van der Waals surface area contributed by atoms with Gasteiger partial charge in [0.1, 0.15) is 6.10 Å². The monoisotopic (exact) mass is 613 g/mol. The number of amides is 3. The van der Waals surface area contributed by atoms with E-state index in [1.165, 1.54) is 55.5 Å². The van der Waals surface area contributed by atoms with Crippen LogP contribution in [0, 0.1) is 0 Å². The number of hydrogen-bond acceptors (Lipinski definition) is 7. The number of alkyl halides is 3. The van der Waals surface area contributed by atoms with E-state index in [4.69, 9.17) is 18.9 Å². The highest BCUT2D eigenvalue weighted by Gasteiger charge is 2.40. The predicted octanol–water partition coefficient (Wildman–Crippen LogP) is 3.36. The summed E-state index contributed by atoms with van der Waals surface area (Å²) >= 11 is 0. The number of rotatable bonds is 4. The summed E-state index contributed by atoms with van der Waals surface area (Å²) in [7, 11) is 2.87. The average molecular weight is 614 g/mol. The smallest absolute Gasteiger partial charge is 0.416 e. The summed E-state index contributed by atoms with van der Waals surface area (Å²) < 4.78 is 63.5. The standard InChI is InChI=1S/C31H30F3N3O7/c1-41-23-10-8-20-12-26(23)43-17-28(38)35-14-18-7-9-24(25(11-18)42-2)44-27-16-37(15-22(27)36-30(20)40)29(39)13-19-5-3-4-6-21(19)31(32,33)34/h3-12,22,27H,13-17H2,1-2H3,(H,35,38)(H,36,40)/t22-,27-/m0/s1. The van der Waals surface area contributed by atoms with Crippen LogP contribution >= 0.6 is 0 Å². The maximum Gasteiger partial charge on any atom is 0.416 e. The van der Waals surface area contributed by atoms with Crippen LogP contribution in [0.25, 0.3) is 0 Å². The number of ether oxygens (including phenoxy) is 4. The van der Waals surface area contributed by atoms with Gasteiger partial charge in [-0.1, -0.05) is 24.3 Å². The van der Waals surface area contributed by atoms with Crippen molar-refractivity contribution in [2.75, 3.05) is 33.9 Å². The van der Waals surface area contributed by atoms with Crippen molar-refractivity contribution >= 4 is 17.7 Å². The Labute approximate surface area is 251 Å². The van der Waals surface area contributed by atoms with Crippen LogP contribution < -0.4 is 29.6 Å². The van der Waals surface area contributed by atoms with Crippen molar-refractivity contribution in [2.24, 2.45) is 0 Å². The Kier molecular flexibility index (Phi) is 8.83. The fourth-order valence-electron chi connectivity index (χ4n) is 5.12. The molecular weight excluding hydrogens is 583 g/mol. The van der Waals surface area contributed by atoms with E-state index in [1.807, 2.05) is 0 Å². The zero-order valence-electron chi connectivity index (χ0n) is 23.9. The van der Waals surface area contributed by atoms with Crippen LogP contribution in [0.1, 0.15) is 27.0 Å². The Balaban J connectivity index is 1.45. The van der Waals surface area contributed by atoms with E-state index < -0.39 is 48.0 Å². The maximum absolute atomic E-state index is 13.6. The third kappa shape index (κ3) is 6.82. The molecule has 1 saturated heterocycles. The van der Waals surface area contributed by atoms with Crippen LogP contribution in [0.15, 0.2) is 60.7 Å². The van der Waals surface area contributed by atoms with Gasteiger partial charge in [0.25, 0.3) is 11.8 Å². The van der Waals surface area contributed by atoms with Crippen molar-refractivity contribution in [1.82, 2.24) is 15.5 Å². The van der Waals surface area contributed by atoms with E-state index in [9.17, 15) is 27.6 Å². The summed E-state index contributed by atoms with van der Waals surface area (Å²) in [6, 6.07) is 13.7. The van der Waals surface area contributed by atoms with E-state index in [0.29, 0.717) is 22.8 Å². The molecule has 3 amide bonds. The second-order valence-electron chi connectivity index (χ2n) is 10.3. The van der Waals surface area contributed by atoms with Gasteiger partial charge < -0.3 is 34.5 Å². The summed E-state index contributed by atoms with van der Waals surface area (Å²) in [6.45, 7) is -0.180. The molecule has 3 aliphatic heterocycles. The first-order valence-electron chi connectivity index (χ1n) is 13.7. The number of carbonyl (C=O) groups is 3. The number of nitrogens with zero attached hydrogens (tertiary/aromatic N) is 1. The quantitative estimate of drug-likeness (QED) is 0.464. The molecule has 10 nitrogen and oxygen atoms in total. The van der Waals surface area contributed by atoms with E-state index >= 15 is 0 Å². The molecule has 6 rings (SSSR count). The fraction of sp³-hybridized carbons (Fsp3) is 0.323. The molecule has 4 bridgehead atoms. The molecular formula is C31H30F3N3O7. The Morgan fingerprint density at radius 2 is 1.75 bits per heavy atom. The van der Waals surface area contributed by atoms with E-state index in [-0.39, 0.29) is 43.1 Å². The second kappa shape index (κ2) is 12.7. The zero-order chi connectivity index (χ0) is 31.4. The number of benzene rings is 3. The highest BCUT2D eigenvalue weighted by molar-refractivity contribution is 5.95. The number of likely N-dealkylation sites (tertiary alicyclic amines) is 1. The summed E-state index contributed by atoms with van der Waals surface area (Å²) in [5, 5.41) is 5.64. The Morgan fingerprint density at radius 3 is 2.50 bits per heavy atom. The van der Waals surface area contributed by atoms with Gasteiger partial charge in [-0.15, -0.1) is 0 Å². The Morgan fingerprint density at radius 1 is 0.977 bits per heavy atom. The van der Waals surface area contributed by atoms with Crippen LogP contribution in [0.2, 0.25) is 0 Å². The molecule has 0 radical (unpaired) electrons. The number of hydrogen-bond donors (Lipinski definition) is 2. The Bertz CT molecular complexity index is 1560. The lowest BCUT2D eigenvalue weighted by Crippen LogP contribution is -2.45. The Hall–Kier alpha value is -4.94. The molecule has 2 N–H and O–H groups in total. The van der Waals surface area contributed by atoms with Gasteiger partial charge in [0.05, 0.1) is 38.8 Å². The molecule has 3 aromatic carbocycles. The summed E-state index contributed by atoms with van der Waals surface area (Å²) in [5.41, 5.74) is -0.124. The van der Waals surface area contributed by atoms with Crippen molar-refractivity contribution in [1.29, 1.82) is 0 Å². The van der Waals surface area contributed by atoms with E-state index in [0.717, 1.165) is 6.07 Å². The van der Waals surface area contributed by atoms with Crippen LogP contribution in [-0.4, -0.2) is 68.7 Å². The molecule has 44 heavy (non-hydrogen) atoms. The van der Waals surface area contributed by atoms with E-state index in [1.54, 1.807) is 18.2 Å². The third-order valence-electron chi connectivity index (χ3n) is 7.38. The van der Waals surface area contributed by atoms with Crippen molar-refractivity contribution < 1.29 is 46.5 Å². The molecule has 13 heteroatoms. The van der Waals surface area contributed by atoms with Gasteiger partial charge in [-0.2, -0.15) is 13.2 Å². The molecule has 1 fully saturated rings. The fourth-order valence-corrected chi connectivity index (χ4v) is 5.12. The first-order valence-corrected chi connectivity index (χ1v) is 13.7. The average Bonchev–Trinajstić information content (AvgIpc) is 3.40. The predicted molar refractivity (Wildman–Crippen MR) is 151 cm³/mol. The molecule has 0 aromatic heterocycles. The first-order chi connectivity index (χ1) is 21.0. The topological polar surface area (TPSA) is 115 Å². The highest BCUT2D eigenvalue weighted by atomic mass is 19.4. The van der Waals surface area contributed by atoms with Crippen LogP contribution in [0.5, 0.6) is 23.0 Å². The number of methoxy groups -OCH3 is 2. The highest BCUT2D eigenvalue weighted by Crippen LogP contribution is 2.34. The van der Waals surface area contributed by atoms with Gasteiger partial charge in [-0.25, -0.2) is 0 Å². The lowest BCUT2D eigenvalue weighted by atomic mass is 10.0. The lowest BCUT2D eigenvalue weighted by Gasteiger charge is -2.22. The van der Waals surface area contributed by atoms with Gasteiger partial charge >= 0.3 is 6.18 Å². The number of nitrogens with one attached hydrogen (secondary N) is 2. The molecule has 0 unspecified atom stereocenters. The zero-order valence-corrected chi connectivity index (χ0v) is 23.9. The van der Waals surface area contributed by atoms with Gasteiger partial charge in [0.2, 0.25) is 5.91 Å². The lowest BCUT2D eigenvalue weighted by molar-refractivity contribution is -0.138. The van der Waals surface area contributed by atoms with Crippen LogP contribution in [0.3, 0.4) is 0 Å². The van der Waals surface area contributed by atoms with Gasteiger partial charge in [0.15, 0.2) is 29.6 Å². The minimum atomic E-state index is -4.61. The minimum Gasteiger partial charge on any atom is -0.493 e. The summed E-state index contributed by atoms with van der Waals surface area (Å²) in [6.07, 6.45) is -5.87. The molecule has 0 spiro atoms. The SMILES string of the molecule is COc1ccc2cc1OCC(=O)NCc1ccc(c(OC)c1)O[C@H]1CN(C(=O)Cc3ccccc3C(F)(F)F)C[C@@H]1NC2=O. The number of carbonyl (C=O) groups excluding carboxylic acids is 3. The summed E-state index contributed by atoms with van der Waals surface area (Å²) in [5.74, 6) is -0.320.